The SMILES string of the molecule is N#Cc1cc(Br)ccc1NC(=O)c1cccc(F)c1. The second-order valence-electron chi connectivity index (χ2n) is 3.77. The molecule has 2 aromatic rings. The highest BCUT2D eigenvalue weighted by molar-refractivity contribution is 9.10. The second-order valence-corrected chi connectivity index (χ2v) is 4.68. The van der Waals surface area contributed by atoms with Crippen LogP contribution in [0, 0.1) is 17.1 Å². The van der Waals surface area contributed by atoms with Crippen LogP contribution in [0.5, 0.6) is 0 Å². The number of halogens is 2. The molecule has 5 heteroatoms. The van der Waals surface area contributed by atoms with Gasteiger partial charge in [-0.05, 0) is 36.4 Å². The zero-order chi connectivity index (χ0) is 13.8. The Labute approximate surface area is 117 Å². The number of hydrogen-bond donors (Lipinski definition) is 1. The Balaban J connectivity index is 2.27. The molecule has 0 aliphatic heterocycles. The summed E-state index contributed by atoms with van der Waals surface area (Å²) in [5.74, 6) is -0.942. The van der Waals surface area contributed by atoms with Crippen molar-refractivity contribution in [3.05, 3.63) is 63.9 Å². The topological polar surface area (TPSA) is 52.9 Å². The van der Waals surface area contributed by atoms with Crippen LogP contribution in [0.25, 0.3) is 0 Å². The predicted molar refractivity (Wildman–Crippen MR) is 73.2 cm³/mol. The lowest BCUT2D eigenvalue weighted by Crippen LogP contribution is -2.13. The third-order valence-corrected chi connectivity index (χ3v) is 2.93. The van der Waals surface area contributed by atoms with Crippen LogP contribution in [0.4, 0.5) is 10.1 Å². The standard InChI is InChI=1S/C14H8BrFN2O/c15-11-4-5-13(10(6-11)8-17)18-14(19)9-2-1-3-12(16)7-9/h1-7H,(H,18,19). The van der Waals surface area contributed by atoms with Crippen LogP contribution < -0.4 is 5.32 Å². The fraction of sp³-hybridized carbons (Fsp3) is 0. The first-order valence-electron chi connectivity index (χ1n) is 5.37. The quantitative estimate of drug-likeness (QED) is 0.917. The molecule has 1 amide bonds. The Kier molecular flexibility index (Phi) is 3.93. The molecule has 0 bridgehead atoms. The van der Waals surface area contributed by atoms with Crippen molar-refractivity contribution in [2.24, 2.45) is 0 Å². The molecule has 0 fully saturated rings. The number of carbonyl (C=O) groups is 1. The number of amides is 1. The maximum Gasteiger partial charge on any atom is 0.255 e. The normalized spacial score (nSPS) is 9.74. The molecule has 19 heavy (non-hydrogen) atoms. The van der Waals surface area contributed by atoms with Crippen molar-refractivity contribution in [2.45, 2.75) is 0 Å². The first-order valence-corrected chi connectivity index (χ1v) is 6.16. The maximum absolute atomic E-state index is 13.0. The molecular weight excluding hydrogens is 311 g/mol. The summed E-state index contributed by atoms with van der Waals surface area (Å²) in [7, 11) is 0. The second kappa shape index (κ2) is 5.63. The molecule has 0 spiro atoms. The largest absolute Gasteiger partial charge is 0.321 e. The number of nitrogens with one attached hydrogen (secondary N) is 1. The molecule has 0 unspecified atom stereocenters. The van der Waals surface area contributed by atoms with Gasteiger partial charge in [0.25, 0.3) is 5.91 Å². The molecular formula is C14H8BrFN2O. The smallest absolute Gasteiger partial charge is 0.255 e. The molecule has 3 nitrogen and oxygen atoms in total. The van der Waals surface area contributed by atoms with Crippen LogP contribution in [-0.2, 0) is 0 Å². The summed E-state index contributed by atoms with van der Waals surface area (Å²) < 4.78 is 13.8. The van der Waals surface area contributed by atoms with Gasteiger partial charge in [0.05, 0.1) is 11.3 Å². The molecule has 0 aromatic heterocycles. The van der Waals surface area contributed by atoms with Crippen molar-refractivity contribution in [1.82, 2.24) is 0 Å². The van der Waals surface area contributed by atoms with Gasteiger partial charge < -0.3 is 5.32 Å². The van der Waals surface area contributed by atoms with Gasteiger partial charge in [0, 0.05) is 10.0 Å². The van der Waals surface area contributed by atoms with Crippen LogP contribution in [0.1, 0.15) is 15.9 Å². The minimum atomic E-state index is -0.482. The first-order chi connectivity index (χ1) is 9.10. The molecule has 0 saturated carbocycles. The highest BCUT2D eigenvalue weighted by Gasteiger charge is 2.10. The molecule has 2 rings (SSSR count). The number of anilines is 1. The number of carbonyl (C=O) groups excluding carboxylic acids is 1. The van der Waals surface area contributed by atoms with E-state index in [0.29, 0.717) is 11.3 Å². The van der Waals surface area contributed by atoms with E-state index in [0.717, 1.165) is 10.5 Å². The van der Waals surface area contributed by atoms with Crippen LogP contribution in [0.15, 0.2) is 46.9 Å². The third-order valence-electron chi connectivity index (χ3n) is 2.44. The summed E-state index contributed by atoms with van der Waals surface area (Å²) in [6.45, 7) is 0. The van der Waals surface area contributed by atoms with Gasteiger partial charge in [-0.25, -0.2) is 4.39 Å². The Morgan fingerprint density at radius 1 is 1.26 bits per heavy atom. The molecule has 0 radical (unpaired) electrons. The van der Waals surface area contributed by atoms with Crippen LogP contribution >= 0.6 is 15.9 Å². The molecule has 0 aliphatic rings. The summed E-state index contributed by atoms with van der Waals surface area (Å²) in [5, 5.41) is 11.6. The number of hydrogen-bond acceptors (Lipinski definition) is 2. The highest BCUT2D eigenvalue weighted by Crippen LogP contribution is 2.21. The van der Waals surface area contributed by atoms with E-state index in [2.05, 4.69) is 21.2 Å². The minimum absolute atomic E-state index is 0.201. The molecule has 0 saturated heterocycles. The van der Waals surface area contributed by atoms with Gasteiger partial charge in [-0.3, -0.25) is 4.79 Å². The van der Waals surface area contributed by atoms with Crippen molar-refractivity contribution in [1.29, 1.82) is 5.26 Å². The zero-order valence-electron chi connectivity index (χ0n) is 9.65. The molecule has 0 aliphatic carbocycles. The minimum Gasteiger partial charge on any atom is -0.321 e. The van der Waals surface area contributed by atoms with Gasteiger partial charge in [0.2, 0.25) is 0 Å². The summed E-state index contributed by atoms with van der Waals surface area (Å²) in [5.41, 5.74) is 0.922. The number of benzene rings is 2. The van der Waals surface area contributed by atoms with E-state index in [1.807, 2.05) is 6.07 Å². The maximum atomic E-state index is 13.0. The monoisotopic (exact) mass is 318 g/mol. The van der Waals surface area contributed by atoms with E-state index in [9.17, 15) is 9.18 Å². The summed E-state index contributed by atoms with van der Waals surface area (Å²) in [4.78, 5) is 11.9. The molecule has 0 heterocycles. The lowest BCUT2D eigenvalue weighted by Gasteiger charge is -2.07. The molecule has 0 atom stereocenters. The Morgan fingerprint density at radius 3 is 2.74 bits per heavy atom. The lowest BCUT2D eigenvalue weighted by molar-refractivity contribution is 0.102. The number of nitriles is 1. The van der Waals surface area contributed by atoms with Crippen molar-refractivity contribution in [3.63, 3.8) is 0 Å². The summed E-state index contributed by atoms with van der Waals surface area (Å²) in [6, 6.07) is 12.3. The van der Waals surface area contributed by atoms with Gasteiger partial charge in [-0.1, -0.05) is 22.0 Å². The Morgan fingerprint density at radius 2 is 2.05 bits per heavy atom. The van der Waals surface area contributed by atoms with E-state index in [4.69, 9.17) is 5.26 Å². The van der Waals surface area contributed by atoms with E-state index in [1.165, 1.54) is 18.2 Å². The van der Waals surface area contributed by atoms with E-state index < -0.39 is 11.7 Å². The first kappa shape index (κ1) is 13.2. The fourth-order valence-electron chi connectivity index (χ4n) is 1.54. The van der Waals surface area contributed by atoms with Crippen molar-refractivity contribution in [2.75, 3.05) is 5.32 Å². The predicted octanol–water partition coefficient (Wildman–Crippen LogP) is 3.71. The average Bonchev–Trinajstić information content (AvgIpc) is 2.40. The number of nitrogens with zero attached hydrogens (tertiary/aromatic N) is 1. The van der Waals surface area contributed by atoms with E-state index in [1.54, 1.807) is 18.2 Å². The Hall–Kier alpha value is -2.19. The van der Waals surface area contributed by atoms with Gasteiger partial charge in [0.15, 0.2) is 0 Å². The van der Waals surface area contributed by atoms with Crippen LogP contribution in [0.3, 0.4) is 0 Å². The average molecular weight is 319 g/mol. The van der Waals surface area contributed by atoms with Gasteiger partial charge in [-0.2, -0.15) is 5.26 Å². The summed E-state index contributed by atoms with van der Waals surface area (Å²) >= 11 is 3.24. The third kappa shape index (κ3) is 3.18. The van der Waals surface area contributed by atoms with Crippen molar-refractivity contribution < 1.29 is 9.18 Å². The van der Waals surface area contributed by atoms with Crippen molar-refractivity contribution >= 4 is 27.5 Å². The van der Waals surface area contributed by atoms with Crippen LogP contribution in [-0.4, -0.2) is 5.91 Å². The van der Waals surface area contributed by atoms with Crippen molar-refractivity contribution in [3.8, 4) is 6.07 Å². The molecule has 2 aromatic carbocycles. The Bertz CT molecular complexity index is 679. The van der Waals surface area contributed by atoms with E-state index in [-0.39, 0.29) is 5.56 Å². The van der Waals surface area contributed by atoms with Crippen LogP contribution in [0.2, 0.25) is 0 Å². The highest BCUT2D eigenvalue weighted by atomic mass is 79.9. The molecule has 1 N–H and O–H groups in total. The van der Waals surface area contributed by atoms with Gasteiger partial charge >= 0.3 is 0 Å². The van der Waals surface area contributed by atoms with Gasteiger partial charge in [0.1, 0.15) is 11.9 Å². The van der Waals surface area contributed by atoms with Gasteiger partial charge in [-0.15, -0.1) is 0 Å². The fourth-order valence-corrected chi connectivity index (χ4v) is 1.90. The summed E-state index contributed by atoms with van der Waals surface area (Å²) in [6.07, 6.45) is 0. The lowest BCUT2D eigenvalue weighted by atomic mass is 10.1. The van der Waals surface area contributed by atoms with E-state index >= 15 is 0 Å². The number of rotatable bonds is 2. The zero-order valence-corrected chi connectivity index (χ0v) is 11.2. The molecule has 94 valence electrons.